The highest BCUT2D eigenvalue weighted by Crippen LogP contribution is 2.28. The first-order valence-electron chi connectivity index (χ1n) is 4.09. The van der Waals surface area contributed by atoms with Gasteiger partial charge in [-0.05, 0) is 6.42 Å². The molecule has 0 bridgehead atoms. The number of hydrazone groups is 1. The van der Waals surface area contributed by atoms with Crippen LogP contribution in [-0.4, -0.2) is 35.8 Å². The second-order valence-electron chi connectivity index (χ2n) is 2.95. The van der Waals surface area contributed by atoms with Crippen molar-refractivity contribution in [2.24, 2.45) is 5.10 Å². The molecule has 0 radical (unpaired) electrons. The van der Waals surface area contributed by atoms with Gasteiger partial charge < -0.3 is 0 Å². The Kier molecular flexibility index (Phi) is 2.68. The summed E-state index contributed by atoms with van der Waals surface area (Å²) in [7, 11) is 1.54. The van der Waals surface area contributed by atoms with Crippen LogP contribution in [0.2, 0.25) is 0 Å². The van der Waals surface area contributed by atoms with Crippen molar-refractivity contribution in [1.82, 2.24) is 9.91 Å². The third-order valence-corrected chi connectivity index (χ3v) is 1.95. The summed E-state index contributed by atoms with van der Waals surface area (Å²) in [6, 6.07) is 0. The molecular weight excluding hydrogens is 183 g/mol. The molecule has 0 spiro atoms. The van der Waals surface area contributed by atoms with Gasteiger partial charge in [-0.25, -0.2) is 0 Å². The second kappa shape index (κ2) is 3.43. The smallest absolute Gasteiger partial charge is 0.276 e. The molecule has 3 nitrogen and oxygen atoms in total. The zero-order chi connectivity index (χ0) is 10.1. The molecule has 0 N–H and O–H groups in total. The summed E-state index contributed by atoms with van der Waals surface area (Å²) in [5.41, 5.74) is 0. The van der Waals surface area contributed by atoms with Crippen LogP contribution in [0.3, 0.4) is 0 Å². The van der Waals surface area contributed by atoms with Crippen LogP contribution in [0.4, 0.5) is 13.2 Å². The summed E-state index contributed by atoms with van der Waals surface area (Å²) < 4.78 is 36.9. The Balaban J connectivity index is 2.69. The summed E-state index contributed by atoms with van der Waals surface area (Å²) in [5, 5.41) is 4.93. The van der Waals surface area contributed by atoms with Crippen molar-refractivity contribution in [1.29, 1.82) is 0 Å². The Hall–Kier alpha value is -0.940. The molecule has 0 aliphatic carbocycles. The summed E-state index contributed by atoms with van der Waals surface area (Å²) in [5.74, 6) is 0. The van der Waals surface area contributed by atoms with Gasteiger partial charge in [-0.15, -0.1) is 13.2 Å². The molecule has 6 heteroatoms. The molecule has 1 aliphatic rings. The molecule has 1 rings (SSSR count). The molecule has 0 aromatic rings. The Morgan fingerprint density at radius 3 is 2.54 bits per heavy atom. The average molecular weight is 195 g/mol. The monoisotopic (exact) mass is 195 g/mol. The van der Waals surface area contributed by atoms with Crippen LogP contribution in [0, 0.1) is 0 Å². The van der Waals surface area contributed by atoms with E-state index in [1.165, 1.54) is 5.01 Å². The average Bonchev–Trinajstić information content (AvgIpc) is 2.32. The fourth-order valence-electron chi connectivity index (χ4n) is 1.29. The van der Waals surface area contributed by atoms with Crippen molar-refractivity contribution >= 4 is 6.34 Å². The molecule has 0 amide bonds. The number of nitrogens with zero attached hydrogens (tertiary/aromatic N) is 3. The summed E-state index contributed by atoms with van der Waals surface area (Å²) in [4.78, 5) is 0.330. The van der Waals surface area contributed by atoms with E-state index in [0.29, 0.717) is 17.7 Å². The number of alkyl halides is 3. The highest BCUT2D eigenvalue weighted by molar-refractivity contribution is 5.57. The van der Waals surface area contributed by atoms with Gasteiger partial charge in [0.05, 0.1) is 0 Å². The van der Waals surface area contributed by atoms with E-state index < -0.39 is 12.5 Å². The number of hydrogen-bond donors (Lipinski definition) is 0. The topological polar surface area (TPSA) is 18.8 Å². The minimum atomic E-state index is -4.33. The molecule has 1 heterocycles. The lowest BCUT2D eigenvalue weighted by Crippen LogP contribution is -2.46. The minimum absolute atomic E-state index is 0.330. The van der Waals surface area contributed by atoms with E-state index in [0.717, 1.165) is 6.34 Å². The first-order chi connectivity index (χ1) is 5.96. The lowest BCUT2D eigenvalue weighted by atomic mass is 10.2. The molecule has 0 saturated carbocycles. The Labute approximate surface area is 74.8 Å². The molecule has 0 fully saturated rings. The predicted molar refractivity (Wildman–Crippen MR) is 42.8 cm³/mol. The Bertz CT molecular complexity index is 202. The van der Waals surface area contributed by atoms with E-state index in [1.807, 2.05) is 6.92 Å². The minimum Gasteiger partial charge on any atom is -0.276 e. The molecule has 0 aromatic carbocycles. The first kappa shape index (κ1) is 10.1. The van der Waals surface area contributed by atoms with E-state index in [2.05, 4.69) is 5.10 Å². The van der Waals surface area contributed by atoms with Crippen molar-refractivity contribution in [3.8, 4) is 0 Å². The molecule has 1 atom stereocenters. The lowest BCUT2D eigenvalue weighted by molar-refractivity contribution is -0.234. The Morgan fingerprint density at radius 2 is 2.08 bits per heavy atom. The maximum atomic E-state index is 12.3. The van der Waals surface area contributed by atoms with E-state index in [1.54, 1.807) is 7.05 Å². The van der Waals surface area contributed by atoms with E-state index >= 15 is 0 Å². The van der Waals surface area contributed by atoms with E-state index in [-0.39, 0.29) is 0 Å². The number of hydrogen-bond acceptors (Lipinski definition) is 3. The van der Waals surface area contributed by atoms with Crippen LogP contribution in [0.1, 0.15) is 19.8 Å². The van der Waals surface area contributed by atoms with Crippen molar-refractivity contribution < 1.29 is 13.2 Å². The van der Waals surface area contributed by atoms with E-state index in [4.69, 9.17) is 0 Å². The molecule has 1 aliphatic heterocycles. The molecular formula is C7H12F3N3. The van der Waals surface area contributed by atoms with Crippen molar-refractivity contribution in [2.45, 2.75) is 32.2 Å². The second-order valence-corrected chi connectivity index (χ2v) is 2.95. The van der Waals surface area contributed by atoms with E-state index in [9.17, 15) is 13.2 Å². The summed E-state index contributed by atoms with van der Waals surface area (Å²) in [6.07, 6.45) is -3.01. The predicted octanol–water partition coefficient (Wildman–Crippen LogP) is 1.82. The maximum absolute atomic E-state index is 12.3. The normalized spacial score (nSPS) is 23.0. The van der Waals surface area contributed by atoms with Gasteiger partial charge in [0, 0.05) is 7.05 Å². The largest absolute Gasteiger partial charge is 0.487 e. The Morgan fingerprint density at radius 1 is 1.46 bits per heavy atom. The van der Waals surface area contributed by atoms with Gasteiger partial charge in [0.25, 0.3) is 0 Å². The third kappa shape index (κ3) is 2.05. The van der Waals surface area contributed by atoms with Gasteiger partial charge in [-0.2, -0.15) is 5.10 Å². The van der Waals surface area contributed by atoms with Gasteiger partial charge in [0.1, 0.15) is 12.5 Å². The molecule has 13 heavy (non-hydrogen) atoms. The van der Waals surface area contributed by atoms with Gasteiger partial charge in [0.2, 0.25) is 0 Å². The summed E-state index contributed by atoms with van der Waals surface area (Å²) in [6.45, 7) is 1.85. The maximum Gasteiger partial charge on any atom is 0.487 e. The number of rotatable bonds is 2. The van der Waals surface area contributed by atoms with Gasteiger partial charge >= 0.3 is 6.30 Å². The van der Waals surface area contributed by atoms with Crippen molar-refractivity contribution in [2.75, 3.05) is 7.05 Å². The van der Waals surface area contributed by atoms with Gasteiger partial charge in [0.15, 0.2) is 0 Å². The third-order valence-electron chi connectivity index (χ3n) is 1.95. The van der Waals surface area contributed by atoms with Crippen LogP contribution in [-0.2, 0) is 0 Å². The fourth-order valence-corrected chi connectivity index (χ4v) is 1.29. The summed E-state index contributed by atoms with van der Waals surface area (Å²) >= 11 is 0. The van der Waals surface area contributed by atoms with Crippen molar-refractivity contribution in [3.05, 3.63) is 0 Å². The fraction of sp³-hybridized carbons (Fsp3) is 0.857. The molecule has 1 unspecified atom stereocenters. The zero-order valence-corrected chi connectivity index (χ0v) is 7.54. The van der Waals surface area contributed by atoms with Crippen LogP contribution >= 0.6 is 0 Å². The van der Waals surface area contributed by atoms with Crippen LogP contribution in [0.15, 0.2) is 5.10 Å². The highest BCUT2D eigenvalue weighted by Gasteiger charge is 2.43. The van der Waals surface area contributed by atoms with Crippen LogP contribution in [0.5, 0.6) is 0 Å². The SMILES string of the molecule is CCCC1N(C)N=CN1C(F)(F)F. The quantitative estimate of drug-likeness (QED) is 0.626. The molecule has 76 valence electrons. The van der Waals surface area contributed by atoms with Gasteiger partial charge in [-0.1, -0.05) is 13.3 Å². The first-order valence-corrected chi connectivity index (χ1v) is 4.09. The standard InChI is InChI=1S/C7H12F3N3/c1-3-4-6-12(2)11-5-13(6)7(8,9)10/h5-6H,3-4H2,1-2H3. The lowest BCUT2D eigenvalue weighted by Gasteiger charge is -2.29. The highest BCUT2D eigenvalue weighted by atomic mass is 19.4. The van der Waals surface area contributed by atoms with Crippen LogP contribution in [0.25, 0.3) is 0 Å². The zero-order valence-electron chi connectivity index (χ0n) is 7.54. The van der Waals surface area contributed by atoms with Gasteiger partial charge in [-0.3, -0.25) is 9.91 Å². The van der Waals surface area contributed by atoms with Crippen LogP contribution < -0.4 is 0 Å². The van der Waals surface area contributed by atoms with Crippen molar-refractivity contribution in [3.63, 3.8) is 0 Å². The molecule has 0 saturated heterocycles. The number of halogens is 3. The molecule has 0 aromatic heterocycles.